The molecule has 0 bridgehead atoms. The van der Waals surface area contributed by atoms with Crippen LogP contribution >= 0.6 is 11.3 Å². The molecule has 4 rings (SSSR count). The average molecular weight is 541 g/mol. The first-order valence-electron chi connectivity index (χ1n) is 12.4. The van der Waals surface area contributed by atoms with Crippen molar-refractivity contribution in [2.75, 3.05) is 22.8 Å². The Labute approximate surface area is 222 Å². The highest BCUT2D eigenvalue weighted by molar-refractivity contribution is 7.92. The summed E-state index contributed by atoms with van der Waals surface area (Å²) < 4.78 is 34.0. The van der Waals surface area contributed by atoms with E-state index in [1.807, 2.05) is 32.9 Å². The summed E-state index contributed by atoms with van der Waals surface area (Å²) in [5.41, 5.74) is 4.31. The molecule has 0 saturated heterocycles. The van der Waals surface area contributed by atoms with Crippen molar-refractivity contribution in [1.82, 2.24) is 0 Å². The number of esters is 1. The summed E-state index contributed by atoms with van der Waals surface area (Å²) in [7, 11) is -4.05. The number of thiophene rings is 1. The molecule has 1 aliphatic rings. The maximum atomic E-state index is 13.8. The number of hydrogen-bond acceptors (Lipinski definition) is 6. The summed E-state index contributed by atoms with van der Waals surface area (Å²) in [6.07, 6.45) is 3.60. The van der Waals surface area contributed by atoms with Gasteiger partial charge in [0.05, 0.1) is 22.8 Å². The Bertz CT molecular complexity index is 1430. The Morgan fingerprint density at radius 3 is 2.38 bits per heavy atom. The number of carbonyl (C=O) groups is 2. The summed E-state index contributed by atoms with van der Waals surface area (Å²) in [4.78, 5) is 27.4. The summed E-state index contributed by atoms with van der Waals surface area (Å²) in [6.45, 7) is 7.11. The minimum atomic E-state index is -4.05. The number of carbonyl (C=O) groups excluding carboxylic acids is 2. The van der Waals surface area contributed by atoms with Crippen LogP contribution < -0.4 is 9.62 Å². The monoisotopic (exact) mass is 540 g/mol. The standard InChI is InChI=1S/C28H32N2O5S2/c1-5-35-28(32)26-22-8-6-7-9-24(22)36-27(26)29-25(31)17-30(23-16-19(3)10-13-20(23)4)37(33,34)21-14-11-18(2)12-15-21/h10-16H,5-9,17H2,1-4H3,(H,29,31). The predicted molar refractivity (Wildman–Crippen MR) is 147 cm³/mol. The smallest absolute Gasteiger partial charge is 0.341 e. The van der Waals surface area contributed by atoms with E-state index in [1.54, 1.807) is 37.3 Å². The summed E-state index contributed by atoms with van der Waals surface area (Å²) in [6, 6.07) is 12.1. The van der Waals surface area contributed by atoms with Gasteiger partial charge in [-0.2, -0.15) is 0 Å². The molecule has 0 fully saturated rings. The van der Waals surface area contributed by atoms with E-state index in [0.717, 1.165) is 57.1 Å². The fourth-order valence-corrected chi connectivity index (χ4v) is 7.27. The molecule has 196 valence electrons. The van der Waals surface area contributed by atoms with Crippen LogP contribution in [0.3, 0.4) is 0 Å². The first-order chi connectivity index (χ1) is 17.6. The molecule has 7 nitrogen and oxygen atoms in total. The van der Waals surface area contributed by atoms with Gasteiger partial charge in [0.2, 0.25) is 5.91 Å². The predicted octanol–water partition coefficient (Wildman–Crippen LogP) is 5.56. The van der Waals surface area contributed by atoms with E-state index in [0.29, 0.717) is 16.3 Å². The minimum absolute atomic E-state index is 0.102. The topological polar surface area (TPSA) is 92.8 Å². The van der Waals surface area contributed by atoms with Crippen LogP contribution in [0.2, 0.25) is 0 Å². The normalized spacial score (nSPS) is 13.1. The second-order valence-corrected chi connectivity index (χ2v) is 12.3. The largest absolute Gasteiger partial charge is 0.462 e. The third kappa shape index (κ3) is 5.72. The maximum Gasteiger partial charge on any atom is 0.341 e. The van der Waals surface area contributed by atoms with Crippen LogP contribution in [0, 0.1) is 20.8 Å². The molecular weight excluding hydrogens is 508 g/mol. The molecule has 2 aromatic carbocycles. The number of benzene rings is 2. The SMILES string of the molecule is CCOC(=O)c1c(NC(=O)CN(c2cc(C)ccc2C)S(=O)(=O)c2ccc(C)cc2)sc2c1CCCC2. The second kappa shape index (κ2) is 11.1. The molecule has 0 radical (unpaired) electrons. The third-order valence-electron chi connectivity index (χ3n) is 6.43. The van der Waals surface area contributed by atoms with Gasteiger partial charge in [0.15, 0.2) is 0 Å². The van der Waals surface area contributed by atoms with E-state index in [2.05, 4.69) is 5.32 Å². The van der Waals surface area contributed by atoms with Crippen molar-refractivity contribution in [1.29, 1.82) is 0 Å². The number of nitrogens with one attached hydrogen (secondary N) is 1. The van der Waals surface area contributed by atoms with Gasteiger partial charge in [0.1, 0.15) is 11.5 Å². The van der Waals surface area contributed by atoms with Crippen LogP contribution in [0.25, 0.3) is 0 Å². The van der Waals surface area contributed by atoms with E-state index in [9.17, 15) is 18.0 Å². The van der Waals surface area contributed by atoms with Crippen LogP contribution in [-0.4, -0.2) is 33.4 Å². The lowest BCUT2D eigenvalue weighted by molar-refractivity contribution is -0.114. The van der Waals surface area contributed by atoms with Crippen LogP contribution in [-0.2, 0) is 32.4 Å². The molecule has 1 amide bonds. The first kappa shape index (κ1) is 26.9. The third-order valence-corrected chi connectivity index (χ3v) is 9.41. The van der Waals surface area contributed by atoms with Crippen LogP contribution in [0.1, 0.15) is 57.3 Å². The van der Waals surface area contributed by atoms with E-state index in [1.165, 1.54) is 11.3 Å². The van der Waals surface area contributed by atoms with E-state index >= 15 is 0 Å². The number of amides is 1. The molecule has 37 heavy (non-hydrogen) atoms. The Morgan fingerprint density at radius 2 is 1.68 bits per heavy atom. The fraction of sp³-hybridized carbons (Fsp3) is 0.357. The number of aryl methyl sites for hydroxylation is 4. The Kier molecular flexibility index (Phi) is 8.04. The fourth-order valence-electron chi connectivity index (χ4n) is 4.49. The number of anilines is 2. The van der Waals surface area contributed by atoms with Gasteiger partial charge in [-0.15, -0.1) is 11.3 Å². The van der Waals surface area contributed by atoms with Crippen molar-refractivity contribution >= 4 is 43.9 Å². The number of hydrogen-bond donors (Lipinski definition) is 1. The molecule has 1 heterocycles. The second-order valence-electron chi connectivity index (χ2n) is 9.30. The number of rotatable bonds is 8. The van der Waals surface area contributed by atoms with Gasteiger partial charge in [-0.05, 0) is 88.3 Å². The van der Waals surface area contributed by atoms with E-state index < -0.39 is 28.4 Å². The van der Waals surface area contributed by atoms with Gasteiger partial charge >= 0.3 is 5.97 Å². The Morgan fingerprint density at radius 1 is 1.00 bits per heavy atom. The first-order valence-corrected chi connectivity index (χ1v) is 14.7. The van der Waals surface area contributed by atoms with Crippen LogP contribution in [0.4, 0.5) is 10.7 Å². The summed E-state index contributed by atoms with van der Waals surface area (Å²) in [5.74, 6) is -0.989. The summed E-state index contributed by atoms with van der Waals surface area (Å²) >= 11 is 1.38. The van der Waals surface area contributed by atoms with Crippen LogP contribution in [0.15, 0.2) is 47.4 Å². The molecule has 3 aromatic rings. The summed E-state index contributed by atoms with van der Waals surface area (Å²) in [5, 5.41) is 3.27. The van der Waals surface area contributed by atoms with Gasteiger partial charge in [0.25, 0.3) is 10.0 Å². The lowest BCUT2D eigenvalue weighted by Gasteiger charge is -2.26. The molecule has 0 saturated carbocycles. The number of ether oxygens (including phenoxy) is 1. The molecule has 1 aromatic heterocycles. The highest BCUT2D eigenvalue weighted by atomic mass is 32.2. The zero-order valence-electron chi connectivity index (χ0n) is 21.6. The maximum absolute atomic E-state index is 13.8. The molecular formula is C28H32N2O5S2. The zero-order valence-corrected chi connectivity index (χ0v) is 23.2. The van der Waals surface area contributed by atoms with Crippen molar-refractivity contribution in [3.63, 3.8) is 0 Å². The molecule has 0 aliphatic heterocycles. The van der Waals surface area contributed by atoms with Gasteiger partial charge in [-0.3, -0.25) is 9.10 Å². The van der Waals surface area contributed by atoms with E-state index in [-0.39, 0.29) is 11.5 Å². The van der Waals surface area contributed by atoms with Crippen molar-refractivity contribution in [3.8, 4) is 0 Å². The molecule has 0 spiro atoms. The number of nitrogens with zero attached hydrogens (tertiary/aromatic N) is 1. The Balaban J connectivity index is 1.71. The van der Waals surface area contributed by atoms with Gasteiger partial charge in [-0.1, -0.05) is 29.8 Å². The van der Waals surface area contributed by atoms with Crippen LogP contribution in [0.5, 0.6) is 0 Å². The zero-order chi connectivity index (χ0) is 26.7. The lowest BCUT2D eigenvalue weighted by Crippen LogP contribution is -2.38. The quantitative estimate of drug-likeness (QED) is 0.378. The molecule has 0 atom stereocenters. The lowest BCUT2D eigenvalue weighted by atomic mass is 9.95. The van der Waals surface area contributed by atoms with Crippen molar-refractivity contribution in [3.05, 3.63) is 75.2 Å². The van der Waals surface area contributed by atoms with Crippen molar-refractivity contribution in [2.45, 2.75) is 58.3 Å². The molecule has 0 unspecified atom stereocenters. The van der Waals surface area contributed by atoms with Gasteiger partial charge in [0, 0.05) is 4.88 Å². The Hall–Kier alpha value is -3.17. The highest BCUT2D eigenvalue weighted by Crippen LogP contribution is 2.39. The number of fused-ring (bicyclic) bond motifs is 1. The average Bonchev–Trinajstić information content (AvgIpc) is 3.22. The molecule has 1 aliphatic carbocycles. The number of sulfonamides is 1. The minimum Gasteiger partial charge on any atom is -0.462 e. The highest BCUT2D eigenvalue weighted by Gasteiger charge is 2.31. The van der Waals surface area contributed by atoms with E-state index in [4.69, 9.17) is 4.74 Å². The molecule has 9 heteroatoms. The van der Waals surface area contributed by atoms with Crippen molar-refractivity contribution < 1.29 is 22.7 Å². The van der Waals surface area contributed by atoms with Gasteiger partial charge in [-0.25, -0.2) is 13.2 Å². The molecule has 1 N–H and O–H groups in total. The van der Waals surface area contributed by atoms with Gasteiger partial charge < -0.3 is 10.1 Å². The van der Waals surface area contributed by atoms with Crippen molar-refractivity contribution in [2.24, 2.45) is 0 Å².